The standard InChI is InChI=1S/C71H98NO17P/c1-2-3-4-5-6-7-8-9-10-11-12-13-14-15-32-46-64(74)88-62(53-81-63(73)45-33-21-34-47-72-71(77)83-51-60-41-28-19-29-42-60)54-87-90(78,86-52-61-43-30-20-31-44-61)89-70-68(84-55-79-48-57-35-22-16-23-36-57)66(76)65(75)67(82-50-59-39-26-18-27-40-59)69(70)85-56-80-49-58-37-24-17-25-38-58/h16-20,22-31,35-44,62,65-70,75-76H,2-15,21,32-34,45-56H2,1H3,(H,72,77)/t62-,65-,66-,67+,68+,69+,70-,90?/m0/s1. The number of phosphoric acid groups is 1. The predicted molar refractivity (Wildman–Crippen MR) is 342 cm³/mol. The Morgan fingerprint density at radius 3 is 1.34 bits per heavy atom. The molecule has 3 N–H and O–H groups in total. The van der Waals surface area contributed by atoms with E-state index in [0.717, 1.165) is 47.9 Å². The summed E-state index contributed by atoms with van der Waals surface area (Å²) in [7, 11) is -4.97. The lowest BCUT2D eigenvalue weighted by molar-refractivity contribution is -0.280. The molecule has 18 nitrogen and oxygen atoms in total. The fourth-order valence-corrected chi connectivity index (χ4v) is 11.7. The summed E-state index contributed by atoms with van der Waals surface area (Å²) in [6.07, 6.45) is 8.08. The smallest absolute Gasteiger partial charge is 0.462 e. The van der Waals surface area contributed by atoms with Gasteiger partial charge in [0.2, 0.25) is 0 Å². The van der Waals surface area contributed by atoms with Crippen LogP contribution >= 0.6 is 7.82 Å². The molecule has 1 aliphatic carbocycles. The third-order valence-electron chi connectivity index (χ3n) is 15.3. The van der Waals surface area contributed by atoms with Crippen molar-refractivity contribution in [3.05, 3.63) is 179 Å². The SMILES string of the molecule is CCCCCCCCCCCCCCCCCC(=O)O[C@@H](COC(=O)CCCCCNC(=O)OCc1ccccc1)COP(=O)(OCc1ccccc1)O[C@@H]1[C@H](OCOCc2ccccc2)[C@H](OCc2ccccc2)[C@@H](O)[C@H](O)[C@H]1OCOCc1ccccc1. The lowest BCUT2D eigenvalue weighted by Crippen LogP contribution is -2.66. The molecule has 5 aromatic rings. The molecule has 0 radical (unpaired) electrons. The molecule has 1 unspecified atom stereocenters. The zero-order chi connectivity index (χ0) is 63.5. The largest absolute Gasteiger partial charge is 0.475 e. The first-order chi connectivity index (χ1) is 44.1. The van der Waals surface area contributed by atoms with Crippen LogP contribution in [-0.2, 0) is 98.7 Å². The summed E-state index contributed by atoms with van der Waals surface area (Å²) in [5, 5.41) is 26.8. The first kappa shape index (κ1) is 73.2. The normalized spacial score (nSPS) is 18.3. The van der Waals surface area contributed by atoms with E-state index in [1.54, 1.807) is 24.3 Å². The van der Waals surface area contributed by atoms with E-state index in [1.165, 1.54) is 64.2 Å². The fourth-order valence-electron chi connectivity index (χ4n) is 10.3. The van der Waals surface area contributed by atoms with Crippen molar-refractivity contribution < 1.29 is 80.6 Å². The van der Waals surface area contributed by atoms with Crippen molar-refractivity contribution >= 4 is 25.9 Å². The maximum atomic E-state index is 15.7. The highest BCUT2D eigenvalue weighted by Gasteiger charge is 2.55. The van der Waals surface area contributed by atoms with Gasteiger partial charge in [0.1, 0.15) is 63.4 Å². The predicted octanol–water partition coefficient (Wildman–Crippen LogP) is 14.4. The van der Waals surface area contributed by atoms with Crippen molar-refractivity contribution in [1.29, 1.82) is 0 Å². The molecule has 5 aromatic carbocycles. The van der Waals surface area contributed by atoms with E-state index in [9.17, 15) is 24.6 Å². The molecule has 0 bridgehead atoms. The third-order valence-corrected chi connectivity index (χ3v) is 16.8. The van der Waals surface area contributed by atoms with Crippen LogP contribution in [0.2, 0.25) is 0 Å². The number of aliphatic hydroxyl groups is 2. The Morgan fingerprint density at radius 1 is 0.433 bits per heavy atom. The van der Waals surface area contributed by atoms with Gasteiger partial charge >= 0.3 is 25.9 Å². The quantitative estimate of drug-likeness (QED) is 0.0108. The summed E-state index contributed by atoms with van der Waals surface area (Å²) in [5.74, 6) is -1.14. The van der Waals surface area contributed by atoms with Crippen molar-refractivity contribution in [1.82, 2.24) is 5.32 Å². The second-order valence-electron chi connectivity index (χ2n) is 22.8. The zero-order valence-electron chi connectivity index (χ0n) is 52.7. The minimum atomic E-state index is -4.97. The van der Waals surface area contributed by atoms with E-state index in [2.05, 4.69) is 12.2 Å². The Bertz CT molecular complexity index is 2700. The second kappa shape index (κ2) is 44.6. The molecule has 1 amide bonds. The van der Waals surface area contributed by atoms with E-state index >= 15 is 4.57 Å². The van der Waals surface area contributed by atoms with Gasteiger partial charge < -0.3 is 53.4 Å². The first-order valence-electron chi connectivity index (χ1n) is 32.5. The average molecular weight is 1270 g/mol. The Kier molecular flexibility index (Phi) is 36.3. The summed E-state index contributed by atoms with van der Waals surface area (Å²) in [6, 6.07) is 46.2. The van der Waals surface area contributed by atoms with E-state index < -0.39 is 88.6 Å². The second-order valence-corrected chi connectivity index (χ2v) is 24.4. The van der Waals surface area contributed by atoms with Crippen molar-refractivity contribution in [2.24, 2.45) is 0 Å². The maximum Gasteiger partial charge on any atom is 0.475 e. The number of carbonyl (C=O) groups is 3. The zero-order valence-corrected chi connectivity index (χ0v) is 53.5. The summed E-state index contributed by atoms with van der Waals surface area (Å²) < 4.78 is 82.5. The van der Waals surface area contributed by atoms with Crippen LogP contribution in [0, 0.1) is 0 Å². The van der Waals surface area contributed by atoms with E-state index in [-0.39, 0.29) is 52.7 Å². The molecule has 0 spiro atoms. The van der Waals surface area contributed by atoms with Crippen LogP contribution in [0.1, 0.15) is 163 Å². The van der Waals surface area contributed by atoms with Crippen molar-refractivity contribution in [2.75, 3.05) is 33.3 Å². The van der Waals surface area contributed by atoms with E-state index in [1.807, 2.05) is 127 Å². The molecule has 19 heteroatoms. The van der Waals surface area contributed by atoms with Gasteiger partial charge in [-0.05, 0) is 47.1 Å². The Morgan fingerprint density at radius 2 is 0.844 bits per heavy atom. The minimum Gasteiger partial charge on any atom is -0.462 e. The first-order valence-corrected chi connectivity index (χ1v) is 33.9. The molecular formula is C71H98NO17P. The van der Waals surface area contributed by atoms with E-state index in [0.29, 0.717) is 37.8 Å². The van der Waals surface area contributed by atoms with Crippen LogP contribution in [0.3, 0.4) is 0 Å². The van der Waals surface area contributed by atoms with Gasteiger partial charge in [0.25, 0.3) is 0 Å². The summed E-state index contributed by atoms with van der Waals surface area (Å²) in [5.41, 5.74) is 3.91. The average Bonchev–Trinajstić information content (AvgIpc) is 0.895. The molecule has 0 aliphatic heterocycles. The van der Waals surface area contributed by atoms with Crippen LogP contribution in [0.5, 0.6) is 0 Å². The molecule has 0 heterocycles. The number of nitrogens with one attached hydrogen (secondary N) is 1. The Hall–Kier alpha value is -5.86. The number of ether oxygens (including phenoxy) is 8. The molecule has 1 saturated carbocycles. The molecule has 494 valence electrons. The van der Waals surface area contributed by atoms with Gasteiger partial charge in [0.05, 0.1) is 33.0 Å². The summed E-state index contributed by atoms with van der Waals surface area (Å²) >= 11 is 0. The molecule has 6 rings (SSSR count). The number of hydrogen-bond donors (Lipinski definition) is 3. The van der Waals surface area contributed by atoms with Gasteiger partial charge in [0.15, 0.2) is 6.10 Å². The van der Waals surface area contributed by atoms with Gasteiger partial charge in [0, 0.05) is 19.4 Å². The molecule has 0 aromatic heterocycles. The number of unbranched alkanes of at least 4 members (excludes halogenated alkanes) is 16. The van der Waals surface area contributed by atoms with E-state index in [4.69, 9.17) is 51.5 Å². The van der Waals surface area contributed by atoms with Crippen LogP contribution < -0.4 is 5.32 Å². The van der Waals surface area contributed by atoms with Crippen molar-refractivity contribution in [2.45, 2.75) is 211 Å². The molecule has 8 atom stereocenters. The lowest BCUT2D eigenvalue weighted by Gasteiger charge is -2.46. The monoisotopic (exact) mass is 1270 g/mol. The molecule has 1 aliphatic rings. The number of hydrogen-bond acceptors (Lipinski definition) is 17. The highest BCUT2D eigenvalue weighted by atomic mass is 31.2. The molecular weight excluding hydrogens is 1170 g/mol. The van der Waals surface area contributed by atoms with Gasteiger partial charge in [-0.25, -0.2) is 9.36 Å². The number of amides is 1. The lowest BCUT2D eigenvalue weighted by atomic mass is 9.84. The number of alkyl carbamates (subject to hydrolysis) is 1. The number of rotatable bonds is 48. The van der Waals surface area contributed by atoms with Crippen LogP contribution in [0.15, 0.2) is 152 Å². The Balaban J connectivity index is 1.16. The minimum absolute atomic E-state index is 0.0250. The number of benzene rings is 5. The number of phosphoric ester groups is 1. The summed E-state index contributed by atoms with van der Waals surface area (Å²) in [6.45, 7) is 0.763. The molecule has 0 saturated heterocycles. The molecule has 90 heavy (non-hydrogen) atoms. The van der Waals surface area contributed by atoms with Gasteiger partial charge in [-0.1, -0.05) is 255 Å². The van der Waals surface area contributed by atoms with Gasteiger partial charge in [-0.2, -0.15) is 0 Å². The van der Waals surface area contributed by atoms with Crippen LogP contribution in [-0.4, -0.2) is 104 Å². The fraction of sp³-hybridized carbons (Fsp3) is 0.535. The van der Waals surface area contributed by atoms with Crippen molar-refractivity contribution in [3.8, 4) is 0 Å². The topological polar surface area (TPSA) is 222 Å². The van der Waals surface area contributed by atoms with Crippen LogP contribution in [0.4, 0.5) is 4.79 Å². The highest BCUT2D eigenvalue weighted by molar-refractivity contribution is 7.48. The molecule has 1 fully saturated rings. The third kappa shape index (κ3) is 30.1. The van der Waals surface area contributed by atoms with Crippen molar-refractivity contribution in [3.63, 3.8) is 0 Å². The highest BCUT2D eigenvalue weighted by Crippen LogP contribution is 2.54. The number of aliphatic hydroxyl groups excluding tert-OH is 2. The number of carbonyl (C=O) groups excluding carboxylic acids is 3. The van der Waals surface area contributed by atoms with Crippen LogP contribution in [0.25, 0.3) is 0 Å². The van der Waals surface area contributed by atoms with Gasteiger partial charge in [-0.3, -0.25) is 23.2 Å². The summed E-state index contributed by atoms with van der Waals surface area (Å²) in [4.78, 5) is 39.3. The number of esters is 2. The Labute approximate surface area is 533 Å². The maximum absolute atomic E-state index is 15.7. The van der Waals surface area contributed by atoms with Gasteiger partial charge in [-0.15, -0.1) is 0 Å².